The van der Waals surface area contributed by atoms with E-state index < -0.39 is 55.7 Å². The van der Waals surface area contributed by atoms with E-state index in [4.69, 9.17) is 26.8 Å². The number of carbonyl (C=O) groups is 1. The highest BCUT2D eigenvalue weighted by atomic mass is 35.5. The molecule has 1 aliphatic rings. The van der Waals surface area contributed by atoms with Crippen LogP contribution in [-0.2, 0) is 25.9 Å². The Balaban J connectivity index is 2.01. The lowest BCUT2D eigenvalue weighted by atomic mass is 9.94. The van der Waals surface area contributed by atoms with Gasteiger partial charge >= 0.3 is 6.09 Å². The van der Waals surface area contributed by atoms with Crippen molar-refractivity contribution < 1.29 is 27.1 Å². The molecule has 0 aliphatic carbocycles. The van der Waals surface area contributed by atoms with Gasteiger partial charge in [0.05, 0.1) is 17.7 Å². The molecule has 2 aromatic rings. The predicted octanol–water partition coefficient (Wildman–Crippen LogP) is 2.96. The van der Waals surface area contributed by atoms with Gasteiger partial charge in [0, 0.05) is 31.7 Å². The summed E-state index contributed by atoms with van der Waals surface area (Å²) in [5.41, 5.74) is 4.34. The van der Waals surface area contributed by atoms with Crippen molar-refractivity contribution in [2.75, 3.05) is 25.6 Å². The number of carbonyl (C=O) groups excluding carboxylic acids is 1. The Bertz CT molecular complexity index is 1240. The molecule has 0 unspecified atom stereocenters. The number of nitrogens with two attached hydrogens (primary N) is 1. The molecule has 2 heterocycles. The fourth-order valence-corrected chi connectivity index (χ4v) is 4.80. The normalized spacial score (nSPS) is 19.3. The average molecular weight is 530 g/mol. The number of hydrogen-bond donors (Lipinski definition) is 1. The van der Waals surface area contributed by atoms with Gasteiger partial charge in [-0.1, -0.05) is 17.7 Å². The van der Waals surface area contributed by atoms with Crippen molar-refractivity contribution in [3.05, 3.63) is 63.3 Å². The molecule has 1 aromatic carbocycles. The van der Waals surface area contributed by atoms with Gasteiger partial charge in [-0.3, -0.25) is 4.79 Å². The zero-order valence-corrected chi connectivity index (χ0v) is 21.3. The first-order chi connectivity index (χ1) is 16.3. The number of rotatable bonds is 5. The Morgan fingerprint density at radius 1 is 1.31 bits per heavy atom. The molecule has 0 radical (unpaired) electrons. The first kappa shape index (κ1) is 27.1. The van der Waals surface area contributed by atoms with E-state index in [0.29, 0.717) is 5.56 Å². The molecule has 1 amide bonds. The number of ether oxygens (including phenoxy) is 2. The fourth-order valence-electron chi connectivity index (χ4n) is 3.84. The van der Waals surface area contributed by atoms with Gasteiger partial charge in [0.1, 0.15) is 22.2 Å². The van der Waals surface area contributed by atoms with Crippen molar-refractivity contribution in [1.29, 1.82) is 0 Å². The molecule has 9 nitrogen and oxygen atoms in total. The maximum Gasteiger partial charge on any atom is 0.410 e. The van der Waals surface area contributed by atoms with Crippen molar-refractivity contribution in [3.63, 3.8) is 0 Å². The highest BCUT2D eigenvalue weighted by Crippen LogP contribution is 2.32. The van der Waals surface area contributed by atoms with Crippen LogP contribution >= 0.6 is 11.6 Å². The second-order valence-electron chi connectivity index (χ2n) is 9.26. The number of hydrogen-bond acceptors (Lipinski definition) is 7. The first-order valence-corrected chi connectivity index (χ1v) is 13.0. The number of aromatic nitrogens is 1. The molecule has 2 N–H and O–H groups in total. The predicted molar refractivity (Wildman–Crippen MR) is 128 cm³/mol. The Morgan fingerprint density at radius 3 is 2.66 bits per heavy atom. The minimum atomic E-state index is -3.96. The minimum Gasteiger partial charge on any atom is -0.444 e. The summed E-state index contributed by atoms with van der Waals surface area (Å²) in [6.07, 6.45) is 0.178. The van der Waals surface area contributed by atoms with Gasteiger partial charge in [-0.2, -0.15) is 0 Å². The molecule has 35 heavy (non-hydrogen) atoms. The van der Waals surface area contributed by atoms with Crippen molar-refractivity contribution >= 4 is 27.5 Å². The second-order valence-corrected chi connectivity index (χ2v) is 11.7. The van der Waals surface area contributed by atoms with Crippen LogP contribution in [0.4, 0.5) is 9.18 Å². The van der Waals surface area contributed by atoms with Crippen LogP contribution < -0.4 is 11.3 Å². The quantitative estimate of drug-likeness (QED) is 0.632. The van der Waals surface area contributed by atoms with Gasteiger partial charge in [-0.05, 0) is 50.6 Å². The van der Waals surface area contributed by atoms with Gasteiger partial charge in [0.15, 0.2) is 9.84 Å². The lowest BCUT2D eigenvalue weighted by Gasteiger charge is -2.30. The SMILES string of the molecule is CC(C)(C)OC(=O)N1CCO[C@@H](c2ccc(Cl)c(F)c2)[C@H](Cn2cccc(S(=O)(=O)CN)c2=O)C1. The van der Waals surface area contributed by atoms with Crippen molar-refractivity contribution in [3.8, 4) is 0 Å². The third kappa shape index (κ3) is 6.60. The summed E-state index contributed by atoms with van der Waals surface area (Å²) in [5.74, 6) is -1.90. The van der Waals surface area contributed by atoms with E-state index in [1.807, 2.05) is 0 Å². The van der Waals surface area contributed by atoms with Gasteiger partial charge in [-0.15, -0.1) is 0 Å². The summed E-state index contributed by atoms with van der Waals surface area (Å²) in [5, 5.41) is -0.0507. The van der Waals surface area contributed by atoms with Crippen LogP contribution in [0.25, 0.3) is 0 Å². The second kappa shape index (κ2) is 10.7. The molecular weight excluding hydrogens is 501 g/mol. The Morgan fingerprint density at radius 2 is 2.03 bits per heavy atom. The first-order valence-electron chi connectivity index (χ1n) is 11.0. The van der Waals surface area contributed by atoms with E-state index in [0.717, 1.165) is 0 Å². The average Bonchev–Trinajstić information content (AvgIpc) is 2.98. The number of nitrogens with zero attached hydrogens (tertiary/aromatic N) is 2. The standard InChI is InChI=1S/C23H29ClFN3O6S/c1-23(2,3)34-22(30)28-9-10-33-20(15-6-7-17(24)18(25)11-15)16(13-28)12-27-8-4-5-19(21(27)29)35(31,32)14-26/h4-8,11,16,20H,9-10,12-14,26H2,1-3H3/t16-,20+/m1/s1. The Labute approximate surface area is 208 Å². The van der Waals surface area contributed by atoms with Crippen LogP contribution in [0.2, 0.25) is 5.02 Å². The molecule has 2 atom stereocenters. The summed E-state index contributed by atoms with van der Waals surface area (Å²) in [7, 11) is -3.96. The topological polar surface area (TPSA) is 121 Å². The van der Waals surface area contributed by atoms with E-state index >= 15 is 0 Å². The summed E-state index contributed by atoms with van der Waals surface area (Å²) in [6.45, 7) is 5.71. The molecule has 1 aliphatic heterocycles. The summed E-state index contributed by atoms with van der Waals surface area (Å²) in [4.78, 5) is 26.8. The lowest BCUT2D eigenvalue weighted by molar-refractivity contribution is 0.0231. The molecule has 1 fully saturated rings. The summed E-state index contributed by atoms with van der Waals surface area (Å²) in [6, 6.07) is 6.91. The van der Waals surface area contributed by atoms with Crippen LogP contribution in [0.1, 0.15) is 32.4 Å². The van der Waals surface area contributed by atoms with Gasteiger partial charge in [0.2, 0.25) is 0 Å². The minimum absolute atomic E-state index is 0.0129. The number of pyridine rings is 1. The van der Waals surface area contributed by atoms with Crippen LogP contribution in [0, 0.1) is 11.7 Å². The molecule has 192 valence electrons. The van der Waals surface area contributed by atoms with Gasteiger partial charge in [0.25, 0.3) is 5.56 Å². The van der Waals surface area contributed by atoms with E-state index in [1.165, 1.54) is 39.9 Å². The van der Waals surface area contributed by atoms with E-state index in [9.17, 15) is 22.4 Å². The number of sulfone groups is 1. The van der Waals surface area contributed by atoms with E-state index in [1.54, 1.807) is 26.8 Å². The molecule has 3 rings (SSSR count). The number of halogens is 2. The van der Waals surface area contributed by atoms with Crippen molar-refractivity contribution in [2.24, 2.45) is 11.7 Å². The third-order valence-corrected chi connectivity index (χ3v) is 7.16. The van der Waals surface area contributed by atoms with Gasteiger partial charge in [-0.25, -0.2) is 17.6 Å². The van der Waals surface area contributed by atoms with Gasteiger partial charge < -0.3 is 24.7 Å². The van der Waals surface area contributed by atoms with Crippen molar-refractivity contribution in [1.82, 2.24) is 9.47 Å². The maximum atomic E-state index is 14.3. The number of amides is 1. The highest BCUT2D eigenvalue weighted by Gasteiger charge is 2.34. The van der Waals surface area contributed by atoms with E-state index in [-0.39, 0.29) is 31.3 Å². The molecule has 12 heteroatoms. The molecular formula is C23H29ClFN3O6S. The van der Waals surface area contributed by atoms with E-state index in [2.05, 4.69) is 0 Å². The lowest BCUT2D eigenvalue weighted by Crippen LogP contribution is -2.41. The van der Waals surface area contributed by atoms with Crippen LogP contribution in [0.5, 0.6) is 0 Å². The smallest absolute Gasteiger partial charge is 0.410 e. The fraction of sp³-hybridized carbons (Fsp3) is 0.478. The number of benzene rings is 1. The molecule has 1 aromatic heterocycles. The van der Waals surface area contributed by atoms with Crippen molar-refractivity contribution in [2.45, 2.75) is 43.9 Å². The molecule has 0 spiro atoms. The van der Waals surface area contributed by atoms with Crippen LogP contribution in [0.3, 0.4) is 0 Å². The van der Waals surface area contributed by atoms with Crippen LogP contribution in [0.15, 0.2) is 46.2 Å². The Kier molecular flexibility index (Phi) is 8.25. The molecule has 1 saturated heterocycles. The summed E-state index contributed by atoms with van der Waals surface area (Å²) < 4.78 is 51.5. The zero-order valence-electron chi connectivity index (χ0n) is 19.7. The summed E-state index contributed by atoms with van der Waals surface area (Å²) >= 11 is 5.84. The molecule has 0 bridgehead atoms. The maximum absolute atomic E-state index is 14.3. The Hall–Kier alpha value is -2.47. The molecule has 0 saturated carbocycles. The zero-order chi connectivity index (χ0) is 26.0. The highest BCUT2D eigenvalue weighted by molar-refractivity contribution is 7.91. The van der Waals surface area contributed by atoms with Crippen LogP contribution in [-0.4, -0.2) is 55.2 Å². The largest absolute Gasteiger partial charge is 0.444 e. The third-order valence-electron chi connectivity index (χ3n) is 5.44. The monoisotopic (exact) mass is 529 g/mol.